The van der Waals surface area contributed by atoms with Crippen molar-refractivity contribution in [1.82, 2.24) is 0 Å². The quantitative estimate of drug-likeness (QED) is 0.402. The van der Waals surface area contributed by atoms with Crippen LogP contribution < -0.4 is 4.74 Å². The van der Waals surface area contributed by atoms with Gasteiger partial charge in [-0.3, -0.25) is 4.79 Å². The van der Waals surface area contributed by atoms with Crippen molar-refractivity contribution in [3.05, 3.63) is 29.8 Å². The van der Waals surface area contributed by atoms with Gasteiger partial charge in [-0.05, 0) is 51.0 Å². The van der Waals surface area contributed by atoms with E-state index >= 15 is 0 Å². The average molecular weight is 336 g/mol. The summed E-state index contributed by atoms with van der Waals surface area (Å²) in [6.45, 7) is 4.64. The van der Waals surface area contributed by atoms with Crippen LogP contribution in [0.4, 0.5) is 0 Å². The number of unbranched alkanes of at least 4 members (excludes halogenated alkanes) is 1. The van der Waals surface area contributed by atoms with Gasteiger partial charge in [0, 0.05) is 18.1 Å². The molecule has 6 nitrogen and oxygen atoms in total. The minimum atomic E-state index is -0.470. The first kappa shape index (κ1) is 19.5. The average Bonchev–Trinajstić information content (AvgIpc) is 2.55. The lowest BCUT2D eigenvalue weighted by Gasteiger charge is -2.08. The summed E-state index contributed by atoms with van der Waals surface area (Å²) in [5, 5.41) is 9.79. The number of rotatable bonds is 10. The molecule has 0 heterocycles. The molecule has 0 spiro atoms. The van der Waals surface area contributed by atoms with E-state index in [-0.39, 0.29) is 11.7 Å². The van der Waals surface area contributed by atoms with Gasteiger partial charge in [-0.15, -0.1) is 0 Å². The SMILES string of the molecule is CCOC(=O)/C=C/c1cc(OCCCCC(=O)OCC)ccc1O. The predicted octanol–water partition coefficient (Wildman–Crippen LogP) is 3.08. The number of benzene rings is 1. The molecule has 0 aliphatic carbocycles. The Bertz CT molecular complexity index is 565. The van der Waals surface area contributed by atoms with Crippen LogP contribution in [-0.4, -0.2) is 36.9 Å². The number of hydrogen-bond acceptors (Lipinski definition) is 6. The lowest BCUT2D eigenvalue weighted by Crippen LogP contribution is -2.05. The first-order valence-corrected chi connectivity index (χ1v) is 8.03. The molecule has 0 unspecified atom stereocenters. The number of phenols is 1. The van der Waals surface area contributed by atoms with Gasteiger partial charge >= 0.3 is 11.9 Å². The highest BCUT2D eigenvalue weighted by atomic mass is 16.5. The Labute approximate surface area is 142 Å². The standard InChI is InChI=1S/C18H24O6/c1-3-22-17(20)7-5-6-12-24-15-9-10-16(19)14(13-15)8-11-18(21)23-4-2/h8-11,13,19H,3-7,12H2,1-2H3/b11-8+. The van der Waals surface area contributed by atoms with Gasteiger partial charge in [0.15, 0.2) is 0 Å². The maximum absolute atomic E-state index is 11.3. The Hall–Kier alpha value is -2.50. The molecule has 1 N–H and O–H groups in total. The highest BCUT2D eigenvalue weighted by Crippen LogP contribution is 2.24. The lowest BCUT2D eigenvalue weighted by molar-refractivity contribution is -0.143. The van der Waals surface area contributed by atoms with Crippen molar-refractivity contribution in [2.24, 2.45) is 0 Å². The van der Waals surface area contributed by atoms with E-state index in [0.29, 0.717) is 50.4 Å². The van der Waals surface area contributed by atoms with Crippen LogP contribution >= 0.6 is 0 Å². The smallest absolute Gasteiger partial charge is 0.330 e. The molecule has 0 aliphatic rings. The second-order valence-electron chi connectivity index (χ2n) is 4.92. The Morgan fingerprint density at radius 3 is 2.58 bits per heavy atom. The van der Waals surface area contributed by atoms with Gasteiger partial charge in [0.05, 0.1) is 19.8 Å². The number of aromatic hydroxyl groups is 1. The largest absolute Gasteiger partial charge is 0.507 e. The second-order valence-corrected chi connectivity index (χ2v) is 4.92. The molecule has 0 aromatic heterocycles. The number of carbonyl (C=O) groups is 2. The Balaban J connectivity index is 2.45. The topological polar surface area (TPSA) is 82.1 Å². The molecule has 0 amide bonds. The monoisotopic (exact) mass is 336 g/mol. The summed E-state index contributed by atoms with van der Waals surface area (Å²) < 4.78 is 15.2. The van der Waals surface area contributed by atoms with E-state index in [1.807, 2.05) is 0 Å². The van der Waals surface area contributed by atoms with Crippen LogP contribution in [0.15, 0.2) is 24.3 Å². The lowest BCUT2D eigenvalue weighted by atomic mass is 10.1. The molecule has 0 saturated heterocycles. The minimum absolute atomic E-state index is 0.0465. The van der Waals surface area contributed by atoms with Gasteiger partial charge in [0.2, 0.25) is 0 Å². The maximum Gasteiger partial charge on any atom is 0.330 e. The van der Waals surface area contributed by atoms with E-state index in [1.165, 1.54) is 18.2 Å². The molecule has 0 radical (unpaired) electrons. The van der Waals surface area contributed by atoms with Crippen LogP contribution in [0.5, 0.6) is 11.5 Å². The van der Waals surface area contributed by atoms with Crippen molar-refractivity contribution in [1.29, 1.82) is 0 Å². The molecule has 0 aliphatic heterocycles. The fraction of sp³-hybridized carbons (Fsp3) is 0.444. The van der Waals surface area contributed by atoms with Crippen molar-refractivity contribution < 1.29 is 28.9 Å². The number of carbonyl (C=O) groups excluding carboxylic acids is 2. The molecule has 132 valence electrons. The minimum Gasteiger partial charge on any atom is -0.507 e. The maximum atomic E-state index is 11.3. The molecule has 0 bridgehead atoms. The normalized spacial score (nSPS) is 10.6. The summed E-state index contributed by atoms with van der Waals surface area (Å²) >= 11 is 0. The van der Waals surface area contributed by atoms with Crippen LogP contribution in [0.2, 0.25) is 0 Å². The summed E-state index contributed by atoms with van der Waals surface area (Å²) in [6, 6.07) is 4.78. The van der Waals surface area contributed by atoms with Crippen molar-refractivity contribution in [2.45, 2.75) is 33.1 Å². The number of phenolic OH excluding ortho intramolecular Hbond substituents is 1. The van der Waals surface area contributed by atoms with Gasteiger partial charge in [0.1, 0.15) is 11.5 Å². The molecule has 0 fully saturated rings. The molecular weight excluding hydrogens is 312 g/mol. The first-order valence-electron chi connectivity index (χ1n) is 8.03. The van der Waals surface area contributed by atoms with Gasteiger partial charge in [0.25, 0.3) is 0 Å². The summed E-state index contributed by atoms with van der Waals surface area (Å²) in [6.07, 6.45) is 4.50. The van der Waals surface area contributed by atoms with Crippen molar-refractivity contribution in [2.75, 3.05) is 19.8 Å². The number of ether oxygens (including phenoxy) is 3. The van der Waals surface area contributed by atoms with E-state index in [1.54, 1.807) is 26.0 Å². The molecule has 24 heavy (non-hydrogen) atoms. The Morgan fingerprint density at radius 2 is 1.88 bits per heavy atom. The van der Waals surface area contributed by atoms with Crippen LogP contribution in [0.1, 0.15) is 38.7 Å². The molecule has 0 saturated carbocycles. The van der Waals surface area contributed by atoms with Gasteiger partial charge < -0.3 is 19.3 Å². The fourth-order valence-electron chi connectivity index (χ4n) is 1.90. The molecule has 0 atom stereocenters. The summed E-state index contributed by atoms with van der Waals surface area (Å²) in [7, 11) is 0. The van der Waals surface area contributed by atoms with Gasteiger partial charge in [-0.1, -0.05) is 0 Å². The van der Waals surface area contributed by atoms with Crippen LogP contribution in [-0.2, 0) is 19.1 Å². The highest BCUT2D eigenvalue weighted by molar-refractivity contribution is 5.87. The molecule has 1 aromatic rings. The zero-order valence-electron chi connectivity index (χ0n) is 14.1. The zero-order chi connectivity index (χ0) is 17.8. The first-order chi connectivity index (χ1) is 11.6. The molecule has 6 heteroatoms. The molecule has 1 rings (SSSR count). The number of esters is 2. The third-order valence-corrected chi connectivity index (χ3v) is 3.03. The van der Waals surface area contributed by atoms with E-state index in [4.69, 9.17) is 14.2 Å². The van der Waals surface area contributed by atoms with E-state index < -0.39 is 5.97 Å². The van der Waals surface area contributed by atoms with Crippen molar-refractivity contribution in [3.8, 4) is 11.5 Å². The predicted molar refractivity (Wildman–Crippen MR) is 89.8 cm³/mol. The van der Waals surface area contributed by atoms with E-state index in [2.05, 4.69) is 0 Å². The van der Waals surface area contributed by atoms with Crippen LogP contribution in [0, 0.1) is 0 Å². The van der Waals surface area contributed by atoms with E-state index in [0.717, 1.165) is 0 Å². The molecular formula is C18H24O6. The third-order valence-electron chi connectivity index (χ3n) is 3.03. The third kappa shape index (κ3) is 7.67. The summed E-state index contributed by atoms with van der Waals surface area (Å²) in [4.78, 5) is 22.5. The second kappa shape index (κ2) is 11.1. The van der Waals surface area contributed by atoms with Crippen molar-refractivity contribution in [3.63, 3.8) is 0 Å². The highest BCUT2D eigenvalue weighted by Gasteiger charge is 2.04. The number of hydrogen-bond donors (Lipinski definition) is 1. The molecule has 1 aromatic carbocycles. The fourth-order valence-corrected chi connectivity index (χ4v) is 1.90. The Morgan fingerprint density at radius 1 is 1.12 bits per heavy atom. The summed E-state index contributed by atoms with van der Waals surface area (Å²) in [5.74, 6) is -0.0478. The zero-order valence-corrected chi connectivity index (χ0v) is 14.1. The van der Waals surface area contributed by atoms with Gasteiger partial charge in [-0.25, -0.2) is 4.79 Å². The van der Waals surface area contributed by atoms with Crippen molar-refractivity contribution >= 4 is 18.0 Å². The van der Waals surface area contributed by atoms with Crippen LogP contribution in [0.3, 0.4) is 0 Å². The van der Waals surface area contributed by atoms with Gasteiger partial charge in [-0.2, -0.15) is 0 Å². The Kier molecular flexibility index (Phi) is 9.04. The van der Waals surface area contributed by atoms with Crippen LogP contribution in [0.25, 0.3) is 6.08 Å². The van der Waals surface area contributed by atoms with E-state index in [9.17, 15) is 14.7 Å². The summed E-state index contributed by atoms with van der Waals surface area (Å²) in [5.41, 5.74) is 0.465.